The van der Waals surface area contributed by atoms with Gasteiger partial charge in [0.25, 0.3) is 0 Å². The van der Waals surface area contributed by atoms with Gasteiger partial charge in [0.1, 0.15) is 11.6 Å². The van der Waals surface area contributed by atoms with Crippen molar-refractivity contribution in [3.8, 4) is 0 Å². The van der Waals surface area contributed by atoms with E-state index in [0.717, 1.165) is 44.6 Å². The number of aromatic nitrogens is 1. The fraction of sp³-hybridized carbons (Fsp3) is 0.667. The highest BCUT2D eigenvalue weighted by atomic mass is 35.5. The molecule has 0 aromatic carbocycles. The van der Waals surface area contributed by atoms with Gasteiger partial charge in [-0.25, -0.2) is 4.98 Å². The first-order valence-corrected chi connectivity index (χ1v) is 8.40. The van der Waals surface area contributed by atoms with E-state index < -0.39 is 0 Å². The van der Waals surface area contributed by atoms with Gasteiger partial charge in [0.2, 0.25) is 0 Å². The lowest BCUT2D eigenvalue weighted by atomic mass is 9.99. The van der Waals surface area contributed by atoms with Crippen molar-refractivity contribution < 1.29 is 5.11 Å². The van der Waals surface area contributed by atoms with Gasteiger partial charge in [0.15, 0.2) is 0 Å². The van der Waals surface area contributed by atoms with Crippen molar-refractivity contribution in [2.45, 2.75) is 45.1 Å². The molecule has 0 bridgehead atoms. The Kier molecular flexibility index (Phi) is 6.40. The molecule has 0 aliphatic carbocycles. The van der Waals surface area contributed by atoms with Gasteiger partial charge in [-0.2, -0.15) is 0 Å². The van der Waals surface area contributed by atoms with Crippen molar-refractivity contribution >= 4 is 34.8 Å². The number of nitrogens with one attached hydrogen (secondary N) is 1. The third kappa shape index (κ3) is 4.15. The van der Waals surface area contributed by atoms with Gasteiger partial charge in [-0.15, -0.1) is 0 Å². The molecule has 1 aromatic rings. The van der Waals surface area contributed by atoms with Gasteiger partial charge in [-0.05, 0) is 38.2 Å². The summed E-state index contributed by atoms with van der Waals surface area (Å²) in [6, 6.07) is 2.06. The molecule has 2 heterocycles. The Morgan fingerprint density at radius 3 is 2.90 bits per heavy atom. The average Bonchev–Trinajstić information content (AvgIpc) is 2.48. The Balaban J connectivity index is 2.27. The van der Waals surface area contributed by atoms with Gasteiger partial charge < -0.3 is 15.3 Å². The maximum absolute atomic E-state index is 9.25. The summed E-state index contributed by atoms with van der Waals surface area (Å²) in [4.78, 5) is 6.85. The Morgan fingerprint density at radius 1 is 1.38 bits per heavy atom. The van der Waals surface area contributed by atoms with Gasteiger partial charge in [0, 0.05) is 25.7 Å². The van der Waals surface area contributed by atoms with Crippen molar-refractivity contribution in [1.29, 1.82) is 0 Å². The first-order valence-electron chi connectivity index (χ1n) is 7.64. The zero-order valence-electron chi connectivity index (χ0n) is 12.4. The van der Waals surface area contributed by atoms with Crippen LogP contribution < -0.4 is 10.2 Å². The lowest BCUT2D eigenvalue weighted by Crippen LogP contribution is -2.41. The molecule has 1 aromatic heterocycles. The molecule has 2 rings (SSSR count). The molecule has 1 aliphatic heterocycles. The number of piperidine rings is 1. The van der Waals surface area contributed by atoms with Crippen LogP contribution in [-0.2, 0) is 0 Å². The van der Waals surface area contributed by atoms with E-state index in [1.165, 1.54) is 6.42 Å². The lowest BCUT2D eigenvalue weighted by molar-refractivity contribution is 0.262. The Hall–Kier alpha value is -0.710. The van der Waals surface area contributed by atoms with Crippen LogP contribution in [0.25, 0.3) is 0 Å². The van der Waals surface area contributed by atoms with Crippen molar-refractivity contribution in [1.82, 2.24) is 4.98 Å². The maximum atomic E-state index is 9.25. The van der Waals surface area contributed by atoms with Gasteiger partial charge in [0.05, 0.1) is 10.0 Å². The predicted molar refractivity (Wildman–Crippen MR) is 89.7 cm³/mol. The highest BCUT2D eigenvalue weighted by molar-refractivity contribution is 6.37. The summed E-state index contributed by atoms with van der Waals surface area (Å²) in [6.07, 6.45) is 5.14. The molecular formula is C15H23Cl2N3O. The summed E-state index contributed by atoms with van der Waals surface area (Å²) in [5, 5.41) is 13.6. The largest absolute Gasteiger partial charge is 0.396 e. The first kappa shape index (κ1) is 16.7. The molecule has 4 nitrogen and oxygen atoms in total. The number of rotatable bonds is 6. The van der Waals surface area contributed by atoms with Crippen LogP contribution in [0.2, 0.25) is 10.0 Å². The normalized spacial score (nSPS) is 18.9. The molecule has 1 fully saturated rings. The molecular weight excluding hydrogens is 309 g/mol. The van der Waals surface area contributed by atoms with Crippen molar-refractivity contribution in [2.24, 2.45) is 0 Å². The second-order valence-electron chi connectivity index (χ2n) is 5.41. The van der Waals surface area contributed by atoms with E-state index >= 15 is 0 Å². The number of hydrogen-bond donors (Lipinski definition) is 2. The molecule has 1 atom stereocenters. The minimum absolute atomic E-state index is 0.188. The molecule has 21 heavy (non-hydrogen) atoms. The second-order valence-corrected chi connectivity index (χ2v) is 6.22. The number of pyridine rings is 1. The molecule has 0 saturated carbocycles. The zero-order chi connectivity index (χ0) is 15.2. The van der Waals surface area contributed by atoms with Crippen LogP contribution in [0.5, 0.6) is 0 Å². The van der Waals surface area contributed by atoms with Gasteiger partial charge >= 0.3 is 0 Å². The molecule has 0 spiro atoms. The summed E-state index contributed by atoms with van der Waals surface area (Å²) < 4.78 is 0. The monoisotopic (exact) mass is 331 g/mol. The topological polar surface area (TPSA) is 48.4 Å². The Labute approximate surface area is 136 Å². The lowest BCUT2D eigenvalue weighted by Gasteiger charge is -2.37. The SMILES string of the molecule is CCCNc1nc(N2CCCCC2CCO)c(Cl)cc1Cl. The number of aliphatic hydroxyl groups excluding tert-OH is 1. The predicted octanol–water partition coefficient (Wildman–Crippen LogP) is 3.95. The van der Waals surface area contributed by atoms with Crippen LogP contribution in [0.1, 0.15) is 39.0 Å². The maximum Gasteiger partial charge on any atom is 0.150 e. The zero-order valence-corrected chi connectivity index (χ0v) is 13.9. The number of hydrogen-bond acceptors (Lipinski definition) is 4. The second kappa shape index (κ2) is 8.06. The summed E-state index contributed by atoms with van der Waals surface area (Å²) in [7, 11) is 0. The first-order chi connectivity index (χ1) is 10.2. The standard InChI is InChI=1S/C15H23Cl2N3O/c1-2-7-18-14-12(16)10-13(17)15(19-14)20-8-4-3-5-11(20)6-9-21/h10-11,21H,2-9H2,1H3,(H,18,19). The number of nitrogens with zero attached hydrogens (tertiary/aromatic N) is 2. The number of anilines is 2. The molecule has 1 aliphatic rings. The summed E-state index contributed by atoms with van der Waals surface area (Å²) in [6.45, 7) is 4.03. The fourth-order valence-corrected chi connectivity index (χ4v) is 3.29. The summed E-state index contributed by atoms with van der Waals surface area (Å²) >= 11 is 12.6. The van der Waals surface area contributed by atoms with E-state index in [1.54, 1.807) is 6.07 Å². The molecule has 1 saturated heterocycles. The Bertz CT molecular complexity index is 468. The van der Waals surface area contributed by atoms with E-state index in [2.05, 4.69) is 22.1 Å². The van der Waals surface area contributed by atoms with E-state index in [-0.39, 0.29) is 6.61 Å². The van der Waals surface area contributed by atoms with Crippen LogP contribution in [0.15, 0.2) is 6.07 Å². The third-order valence-corrected chi connectivity index (χ3v) is 4.38. The third-order valence-electron chi connectivity index (χ3n) is 3.81. The van der Waals surface area contributed by atoms with E-state index in [9.17, 15) is 5.11 Å². The van der Waals surface area contributed by atoms with Crippen LogP contribution >= 0.6 is 23.2 Å². The Morgan fingerprint density at radius 2 is 2.19 bits per heavy atom. The number of halogens is 2. The van der Waals surface area contributed by atoms with E-state index in [4.69, 9.17) is 23.2 Å². The molecule has 2 N–H and O–H groups in total. The molecule has 0 amide bonds. The summed E-state index contributed by atoms with van der Waals surface area (Å²) in [5.74, 6) is 1.46. The van der Waals surface area contributed by atoms with Crippen LogP contribution in [-0.4, -0.2) is 35.8 Å². The summed E-state index contributed by atoms with van der Waals surface area (Å²) in [5.41, 5.74) is 0. The smallest absolute Gasteiger partial charge is 0.150 e. The highest BCUT2D eigenvalue weighted by Gasteiger charge is 2.25. The minimum atomic E-state index is 0.188. The van der Waals surface area contributed by atoms with Crippen LogP contribution in [0, 0.1) is 0 Å². The molecule has 118 valence electrons. The quantitative estimate of drug-likeness (QED) is 0.828. The number of aliphatic hydroxyl groups is 1. The van der Waals surface area contributed by atoms with Crippen molar-refractivity contribution in [3.05, 3.63) is 16.1 Å². The molecule has 1 unspecified atom stereocenters. The fourth-order valence-electron chi connectivity index (χ4n) is 2.75. The van der Waals surface area contributed by atoms with Crippen LogP contribution in [0.3, 0.4) is 0 Å². The van der Waals surface area contributed by atoms with Gasteiger partial charge in [-0.1, -0.05) is 30.1 Å². The van der Waals surface area contributed by atoms with E-state index in [1.807, 2.05) is 0 Å². The van der Waals surface area contributed by atoms with E-state index in [0.29, 0.717) is 21.9 Å². The van der Waals surface area contributed by atoms with Crippen molar-refractivity contribution in [2.75, 3.05) is 29.9 Å². The molecule has 0 radical (unpaired) electrons. The average molecular weight is 332 g/mol. The van der Waals surface area contributed by atoms with Crippen LogP contribution in [0.4, 0.5) is 11.6 Å². The molecule has 6 heteroatoms. The van der Waals surface area contributed by atoms with Crippen molar-refractivity contribution in [3.63, 3.8) is 0 Å². The van der Waals surface area contributed by atoms with Gasteiger partial charge in [-0.3, -0.25) is 0 Å². The minimum Gasteiger partial charge on any atom is -0.396 e. The highest BCUT2D eigenvalue weighted by Crippen LogP contribution is 2.35.